The molecular formula is C73H128O6. The summed E-state index contributed by atoms with van der Waals surface area (Å²) in [5.41, 5.74) is 0. The lowest BCUT2D eigenvalue weighted by molar-refractivity contribution is -0.167. The molecule has 0 fully saturated rings. The predicted molar refractivity (Wildman–Crippen MR) is 344 cm³/mol. The Morgan fingerprint density at radius 3 is 0.785 bits per heavy atom. The number of unbranched alkanes of at least 4 members (excludes halogenated alkanes) is 37. The fraction of sp³-hybridized carbons (Fsp3) is 0.767. The summed E-state index contributed by atoms with van der Waals surface area (Å²) in [5.74, 6) is -0.909. The van der Waals surface area contributed by atoms with Gasteiger partial charge in [-0.05, 0) is 109 Å². The van der Waals surface area contributed by atoms with Gasteiger partial charge in [-0.1, -0.05) is 298 Å². The van der Waals surface area contributed by atoms with Crippen LogP contribution in [0.4, 0.5) is 0 Å². The standard InChI is InChI=1S/C73H128O6/c1-4-7-10-13-16-19-22-25-28-29-30-31-32-33-34-35-36-37-38-39-40-41-42-43-46-48-51-54-57-60-63-66-72(75)78-69-70(79-73(76)67-64-61-58-55-52-49-45-27-24-21-18-15-12-9-6-3)68-77-71(74)65-62-59-56-53-50-47-44-26-23-20-17-14-11-8-5-2/h8-9,11-12,17-18,20-21,26-27,29-30,44-45,70H,4-7,10,13-16,19,22-25,28,31-43,46-69H2,1-3H3/b11-8-,12-9-,20-17-,21-18-,30-29-,44-26-,45-27-. The van der Waals surface area contributed by atoms with Gasteiger partial charge in [0, 0.05) is 19.3 Å². The molecule has 6 nitrogen and oxygen atoms in total. The van der Waals surface area contributed by atoms with Crippen LogP contribution in [0.3, 0.4) is 0 Å². The molecular weight excluding hydrogens is 973 g/mol. The molecule has 0 N–H and O–H groups in total. The molecule has 0 aromatic carbocycles. The van der Waals surface area contributed by atoms with Gasteiger partial charge >= 0.3 is 17.9 Å². The maximum Gasteiger partial charge on any atom is 0.306 e. The van der Waals surface area contributed by atoms with E-state index in [0.29, 0.717) is 19.3 Å². The maximum atomic E-state index is 12.9. The minimum Gasteiger partial charge on any atom is -0.462 e. The van der Waals surface area contributed by atoms with Gasteiger partial charge in [0.25, 0.3) is 0 Å². The molecule has 0 aliphatic rings. The van der Waals surface area contributed by atoms with Crippen molar-refractivity contribution >= 4 is 17.9 Å². The van der Waals surface area contributed by atoms with E-state index in [0.717, 1.165) is 135 Å². The summed E-state index contributed by atoms with van der Waals surface area (Å²) in [6.07, 6.45) is 89.1. The molecule has 1 atom stereocenters. The highest BCUT2D eigenvalue weighted by Crippen LogP contribution is 2.17. The van der Waals surface area contributed by atoms with Crippen molar-refractivity contribution in [2.24, 2.45) is 0 Å². The zero-order valence-corrected chi connectivity index (χ0v) is 52.4. The molecule has 0 aromatic rings. The minimum atomic E-state index is -0.793. The number of hydrogen-bond donors (Lipinski definition) is 0. The van der Waals surface area contributed by atoms with Gasteiger partial charge in [0.2, 0.25) is 0 Å². The summed E-state index contributed by atoms with van der Waals surface area (Å²) in [4.78, 5) is 38.3. The van der Waals surface area contributed by atoms with Gasteiger partial charge in [-0.2, -0.15) is 0 Å². The average Bonchev–Trinajstić information content (AvgIpc) is 3.45. The molecule has 0 aliphatic heterocycles. The molecule has 0 saturated carbocycles. The molecule has 0 bridgehead atoms. The fourth-order valence-corrected chi connectivity index (χ4v) is 9.82. The van der Waals surface area contributed by atoms with Gasteiger partial charge in [-0.15, -0.1) is 0 Å². The molecule has 0 heterocycles. The SMILES string of the molecule is CC/C=C\C/C=C\C/C=C\CCCCCCCC(=O)OCC(COC(=O)CCCCCCCCCCCCCCCCCCCCC/C=C\CCCCCCCCCC)OC(=O)CCCCCCC/C=C\C/C=C\C/C=C\CC. The van der Waals surface area contributed by atoms with E-state index >= 15 is 0 Å². The lowest BCUT2D eigenvalue weighted by atomic mass is 10.0. The third-order valence-electron chi connectivity index (χ3n) is 14.9. The Morgan fingerprint density at radius 2 is 0.494 bits per heavy atom. The molecule has 0 amide bonds. The molecule has 0 spiro atoms. The first kappa shape index (κ1) is 75.6. The van der Waals surface area contributed by atoms with Crippen molar-refractivity contribution in [2.45, 2.75) is 348 Å². The van der Waals surface area contributed by atoms with Crippen molar-refractivity contribution in [3.8, 4) is 0 Å². The van der Waals surface area contributed by atoms with Crippen LogP contribution in [0.15, 0.2) is 85.1 Å². The summed E-state index contributed by atoms with van der Waals surface area (Å²) < 4.78 is 16.9. The third-order valence-corrected chi connectivity index (χ3v) is 14.9. The Morgan fingerprint density at radius 1 is 0.266 bits per heavy atom. The van der Waals surface area contributed by atoms with E-state index < -0.39 is 6.10 Å². The van der Waals surface area contributed by atoms with E-state index in [-0.39, 0.29) is 31.1 Å². The molecule has 456 valence electrons. The van der Waals surface area contributed by atoms with Crippen LogP contribution in [-0.2, 0) is 28.6 Å². The van der Waals surface area contributed by atoms with Crippen LogP contribution in [0.25, 0.3) is 0 Å². The van der Waals surface area contributed by atoms with Gasteiger partial charge in [0.1, 0.15) is 13.2 Å². The first-order chi connectivity index (χ1) is 39.0. The highest BCUT2D eigenvalue weighted by Gasteiger charge is 2.19. The number of ether oxygens (including phenoxy) is 3. The van der Waals surface area contributed by atoms with Gasteiger partial charge in [0.15, 0.2) is 6.10 Å². The zero-order chi connectivity index (χ0) is 57.1. The number of carbonyl (C=O) groups excluding carboxylic acids is 3. The average molecular weight is 1100 g/mol. The van der Waals surface area contributed by atoms with Crippen molar-refractivity contribution in [2.75, 3.05) is 13.2 Å². The first-order valence-corrected chi connectivity index (χ1v) is 34.1. The molecule has 0 aliphatic carbocycles. The van der Waals surface area contributed by atoms with E-state index in [2.05, 4.69) is 106 Å². The Hall–Kier alpha value is -3.41. The zero-order valence-electron chi connectivity index (χ0n) is 52.4. The van der Waals surface area contributed by atoms with Crippen LogP contribution < -0.4 is 0 Å². The van der Waals surface area contributed by atoms with E-state index in [1.807, 2.05) is 0 Å². The molecule has 6 heteroatoms. The van der Waals surface area contributed by atoms with Crippen molar-refractivity contribution < 1.29 is 28.6 Å². The van der Waals surface area contributed by atoms with Crippen LogP contribution in [0.1, 0.15) is 342 Å². The minimum absolute atomic E-state index is 0.0871. The summed E-state index contributed by atoms with van der Waals surface area (Å²) in [7, 11) is 0. The third kappa shape index (κ3) is 65.3. The monoisotopic (exact) mass is 1100 g/mol. The summed E-state index contributed by atoms with van der Waals surface area (Å²) in [5, 5.41) is 0. The molecule has 0 rings (SSSR count). The Kier molecular flexibility index (Phi) is 64.2. The topological polar surface area (TPSA) is 78.9 Å². The maximum absolute atomic E-state index is 12.9. The molecule has 0 radical (unpaired) electrons. The lowest BCUT2D eigenvalue weighted by Crippen LogP contribution is -2.30. The van der Waals surface area contributed by atoms with Crippen molar-refractivity contribution in [1.29, 1.82) is 0 Å². The predicted octanol–water partition coefficient (Wildman–Crippen LogP) is 23.4. The van der Waals surface area contributed by atoms with E-state index in [4.69, 9.17) is 14.2 Å². The number of esters is 3. The highest BCUT2D eigenvalue weighted by molar-refractivity contribution is 5.71. The second-order valence-electron chi connectivity index (χ2n) is 22.7. The van der Waals surface area contributed by atoms with Crippen LogP contribution in [-0.4, -0.2) is 37.2 Å². The van der Waals surface area contributed by atoms with E-state index in [9.17, 15) is 14.4 Å². The van der Waals surface area contributed by atoms with Crippen LogP contribution in [0, 0.1) is 0 Å². The van der Waals surface area contributed by atoms with Crippen molar-refractivity contribution in [3.63, 3.8) is 0 Å². The van der Waals surface area contributed by atoms with E-state index in [1.54, 1.807) is 0 Å². The molecule has 79 heavy (non-hydrogen) atoms. The second-order valence-corrected chi connectivity index (χ2v) is 22.7. The Labute approximate surface area is 490 Å². The second kappa shape index (κ2) is 67.1. The summed E-state index contributed by atoms with van der Waals surface area (Å²) in [6, 6.07) is 0. The number of allylic oxidation sites excluding steroid dienone is 14. The largest absolute Gasteiger partial charge is 0.462 e. The molecule has 0 saturated heterocycles. The summed E-state index contributed by atoms with van der Waals surface area (Å²) >= 11 is 0. The van der Waals surface area contributed by atoms with Gasteiger partial charge in [0.05, 0.1) is 0 Å². The first-order valence-electron chi connectivity index (χ1n) is 34.1. The summed E-state index contributed by atoms with van der Waals surface area (Å²) in [6.45, 7) is 6.42. The highest BCUT2D eigenvalue weighted by atomic mass is 16.6. The van der Waals surface area contributed by atoms with Crippen LogP contribution in [0.5, 0.6) is 0 Å². The normalized spacial score (nSPS) is 12.6. The lowest BCUT2D eigenvalue weighted by Gasteiger charge is -2.18. The molecule has 1 unspecified atom stereocenters. The van der Waals surface area contributed by atoms with Crippen LogP contribution >= 0.6 is 0 Å². The quantitative estimate of drug-likeness (QED) is 0.0261. The van der Waals surface area contributed by atoms with Gasteiger partial charge in [-0.3, -0.25) is 14.4 Å². The fourth-order valence-electron chi connectivity index (χ4n) is 9.82. The number of rotatable bonds is 62. The van der Waals surface area contributed by atoms with Crippen molar-refractivity contribution in [3.05, 3.63) is 85.1 Å². The number of hydrogen-bond acceptors (Lipinski definition) is 6. The van der Waals surface area contributed by atoms with Crippen molar-refractivity contribution in [1.82, 2.24) is 0 Å². The van der Waals surface area contributed by atoms with Crippen LogP contribution in [0.2, 0.25) is 0 Å². The number of carbonyl (C=O) groups is 3. The Bertz CT molecular complexity index is 1500. The van der Waals surface area contributed by atoms with Gasteiger partial charge in [-0.25, -0.2) is 0 Å². The van der Waals surface area contributed by atoms with E-state index in [1.165, 1.54) is 167 Å². The smallest absolute Gasteiger partial charge is 0.306 e. The molecule has 0 aromatic heterocycles. The van der Waals surface area contributed by atoms with Gasteiger partial charge < -0.3 is 14.2 Å². The Balaban J connectivity index is 4.19.